The zero-order valence-corrected chi connectivity index (χ0v) is 9.16. The predicted octanol–water partition coefficient (Wildman–Crippen LogP) is 3.39. The van der Waals surface area contributed by atoms with Gasteiger partial charge in [-0.3, -0.25) is 0 Å². The normalized spacial score (nSPS) is 12.0. The molecule has 68 valence electrons. The second kappa shape index (κ2) is 3.56. The minimum atomic E-state index is 0.211. The van der Waals surface area contributed by atoms with Gasteiger partial charge in [0.05, 0.1) is 10.7 Å². The maximum Gasteiger partial charge on any atom is 0.0928 e. The van der Waals surface area contributed by atoms with Gasteiger partial charge in [-0.25, -0.2) is 4.98 Å². The lowest BCUT2D eigenvalue weighted by Crippen LogP contribution is -2.11. The smallest absolute Gasteiger partial charge is 0.0928 e. The van der Waals surface area contributed by atoms with Gasteiger partial charge in [0.25, 0.3) is 0 Å². The van der Waals surface area contributed by atoms with Crippen LogP contribution in [0, 0.1) is 0 Å². The Kier molecular flexibility index (Phi) is 2.89. The Bertz CT molecular complexity index is 245. The molecule has 1 heterocycles. The first kappa shape index (κ1) is 9.72. The Balaban J connectivity index is 2.77. The van der Waals surface area contributed by atoms with Crippen LogP contribution < -0.4 is 0 Å². The number of nitrogens with zero attached hydrogens (tertiary/aromatic N) is 1. The molecule has 0 spiro atoms. The summed E-state index contributed by atoms with van der Waals surface area (Å²) in [7, 11) is 0. The Morgan fingerprint density at radius 1 is 1.42 bits per heavy atom. The molecule has 0 radical (unpaired) electrons. The fourth-order valence-corrected chi connectivity index (χ4v) is 2.11. The van der Waals surface area contributed by atoms with E-state index >= 15 is 0 Å². The van der Waals surface area contributed by atoms with Crippen molar-refractivity contribution in [1.29, 1.82) is 0 Å². The SMILES string of the molecule is CCCc1nc(C(C)(C)C)cs1. The third-order valence-corrected chi connectivity index (χ3v) is 2.69. The number of hydrogen-bond donors (Lipinski definition) is 0. The molecule has 0 bridgehead atoms. The van der Waals surface area contributed by atoms with Crippen LogP contribution in [0.15, 0.2) is 5.38 Å². The summed E-state index contributed by atoms with van der Waals surface area (Å²) in [6.45, 7) is 8.81. The highest BCUT2D eigenvalue weighted by Crippen LogP contribution is 2.24. The largest absolute Gasteiger partial charge is 0.246 e. The van der Waals surface area contributed by atoms with Crippen molar-refractivity contribution < 1.29 is 0 Å². The molecular formula is C10H17NS. The summed E-state index contributed by atoms with van der Waals surface area (Å²) in [5.74, 6) is 0. The first-order valence-electron chi connectivity index (χ1n) is 4.49. The highest BCUT2D eigenvalue weighted by atomic mass is 32.1. The van der Waals surface area contributed by atoms with Gasteiger partial charge in [0.1, 0.15) is 0 Å². The molecule has 0 fully saturated rings. The lowest BCUT2D eigenvalue weighted by Gasteiger charge is -2.14. The maximum atomic E-state index is 4.59. The number of aromatic nitrogens is 1. The van der Waals surface area contributed by atoms with Crippen molar-refractivity contribution in [2.24, 2.45) is 0 Å². The fraction of sp³-hybridized carbons (Fsp3) is 0.700. The van der Waals surface area contributed by atoms with Gasteiger partial charge in [0.15, 0.2) is 0 Å². The molecule has 0 saturated heterocycles. The third-order valence-electron chi connectivity index (χ3n) is 1.78. The van der Waals surface area contributed by atoms with Crippen LogP contribution in [0.2, 0.25) is 0 Å². The molecule has 0 aromatic carbocycles. The van der Waals surface area contributed by atoms with Crippen LogP contribution in [-0.4, -0.2) is 4.98 Å². The zero-order valence-electron chi connectivity index (χ0n) is 8.35. The van der Waals surface area contributed by atoms with E-state index in [4.69, 9.17) is 0 Å². The summed E-state index contributed by atoms with van der Waals surface area (Å²) in [5, 5.41) is 3.47. The van der Waals surface area contributed by atoms with Crippen LogP contribution in [0.1, 0.15) is 44.8 Å². The molecule has 0 aliphatic rings. The molecular weight excluding hydrogens is 166 g/mol. The molecule has 1 rings (SSSR count). The second-order valence-electron chi connectivity index (χ2n) is 4.13. The Morgan fingerprint density at radius 2 is 2.08 bits per heavy atom. The first-order valence-corrected chi connectivity index (χ1v) is 5.37. The lowest BCUT2D eigenvalue weighted by molar-refractivity contribution is 0.570. The molecule has 0 unspecified atom stereocenters. The first-order chi connectivity index (χ1) is 5.54. The van der Waals surface area contributed by atoms with Crippen LogP contribution in [-0.2, 0) is 11.8 Å². The number of aryl methyl sites for hydroxylation is 1. The highest BCUT2D eigenvalue weighted by molar-refractivity contribution is 7.09. The van der Waals surface area contributed by atoms with Crippen molar-refractivity contribution in [2.75, 3.05) is 0 Å². The number of hydrogen-bond acceptors (Lipinski definition) is 2. The van der Waals surface area contributed by atoms with Crippen LogP contribution >= 0.6 is 11.3 Å². The summed E-state index contributed by atoms with van der Waals surface area (Å²) in [6.07, 6.45) is 2.32. The van der Waals surface area contributed by atoms with Crippen LogP contribution in [0.5, 0.6) is 0 Å². The van der Waals surface area contributed by atoms with Gasteiger partial charge in [-0.05, 0) is 12.8 Å². The van der Waals surface area contributed by atoms with E-state index in [2.05, 4.69) is 38.1 Å². The van der Waals surface area contributed by atoms with E-state index in [1.54, 1.807) is 11.3 Å². The molecule has 0 atom stereocenters. The van der Waals surface area contributed by atoms with Crippen molar-refractivity contribution in [3.63, 3.8) is 0 Å². The average molecular weight is 183 g/mol. The molecule has 1 aromatic rings. The predicted molar refractivity (Wildman–Crippen MR) is 54.8 cm³/mol. The van der Waals surface area contributed by atoms with E-state index in [9.17, 15) is 0 Å². The fourth-order valence-electron chi connectivity index (χ4n) is 0.984. The summed E-state index contributed by atoms with van der Waals surface area (Å²) in [6, 6.07) is 0. The molecule has 1 aromatic heterocycles. The molecule has 2 heteroatoms. The third kappa shape index (κ3) is 2.31. The van der Waals surface area contributed by atoms with Gasteiger partial charge >= 0.3 is 0 Å². The quantitative estimate of drug-likeness (QED) is 0.685. The molecule has 0 N–H and O–H groups in total. The van der Waals surface area contributed by atoms with Gasteiger partial charge < -0.3 is 0 Å². The molecule has 0 aliphatic heterocycles. The summed E-state index contributed by atoms with van der Waals surface area (Å²) >= 11 is 1.79. The van der Waals surface area contributed by atoms with Gasteiger partial charge in [-0.1, -0.05) is 27.7 Å². The molecule has 0 amide bonds. The van der Waals surface area contributed by atoms with Gasteiger partial charge in [-0.2, -0.15) is 0 Å². The average Bonchev–Trinajstić information content (AvgIpc) is 2.35. The zero-order chi connectivity index (χ0) is 9.19. The van der Waals surface area contributed by atoms with Crippen molar-refractivity contribution in [1.82, 2.24) is 4.98 Å². The minimum absolute atomic E-state index is 0.211. The number of thiazole rings is 1. The second-order valence-corrected chi connectivity index (χ2v) is 5.07. The van der Waals surface area contributed by atoms with Gasteiger partial charge in [0, 0.05) is 10.8 Å². The lowest BCUT2D eigenvalue weighted by atomic mass is 9.93. The van der Waals surface area contributed by atoms with Crippen molar-refractivity contribution in [3.05, 3.63) is 16.1 Å². The molecule has 12 heavy (non-hydrogen) atoms. The van der Waals surface area contributed by atoms with Crippen LogP contribution in [0.25, 0.3) is 0 Å². The molecule has 0 saturated carbocycles. The van der Waals surface area contributed by atoms with E-state index < -0.39 is 0 Å². The summed E-state index contributed by atoms with van der Waals surface area (Å²) in [5.41, 5.74) is 1.44. The standard InChI is InChI=1S/C10H17NS/c1-5-6-9-11-8(7-12-9)10(2,3)4/h7H,5-6H2,1-4H3. The van der Waals surface area contributed by atoms with E-state index in [0.29, 0.717) is 0 Å². The van der Waals surface area contributed by atoms with Crippen LogP contribution in [0.4, 0.5) is 0 Å². The van der Waals surface area contributed by atoms with E-state index in [1.807, 2.05) is 0 Å². The highest BCUT2D eigenvalue weighted by Gasteiger charge is 2.16. The minimum Gasteiger partial charge on any atom is -0.246 e. The van der Waals surface area contributed by atoms with E-state index in [0.717, 1.165) is 6.42 Å². The van der Waals surface area contributed by atoms with E-state index in [-0.39, 0.29) is 5.41 Å². The van der Waals surface area contributed by atoms with Crippen molar-refractivity contribution in [3.8, 4) is 0 Å². The van der Waals surface area contributed by atoms with Crippen molar-refractivity contribution in [2.45, 2.75) is 46.0 Å². The molecule has 1 nitrogen and oxygen atoms in total. The van der Waals surface area contributed by atoms with E-state index in [1.165, 1.54) is 17.1 Å². The topological polar surface area (TPSA) is 12.9 Å². The molecule has 0 aliphatic carbocycles. The maximum absolute atomic E-state index is 4.59. The summed E-state index contributed by atoms with van der Waals surface area (Å²) < 4.78 is 0. The van der Waals surface area contributed by atoms with Gasteiger partial charge in [0.2, 0.25) is 0 Å². The van der Waals surface area contributed by atoms with Crippen LogP contribution in [0.3, 0.4) is 0 Å². The van der Waals surface area contributed by atoms with Gasteiger partial charge in [-0.15, -0.1) is 11.3 Å². The monoisotopic (exact) mass is 183 g/mol. The Hall–Kier alpha value is -0.370. The van der Waals surface area contributed by atoms with Crippen molar-refractivity contribution >= 4 is 11.3 Å². The summed E-state index contributed by atoms with van der Waals surface area (Å²) in [4.78, 5) is 4.59. The Morgan fingerprint density at radius 3 is 2.50 bits per heavy atom. The Labute approximate surface area is 78.8 Å². The number of rotatable bonds is 2.